The number of nitrogens with zero attached hydrogens (tertiary/aromatic N) is 5. The summed E-state index contributed by atoms with van der Waals surface area (Å²) < 4.78 is 0. The lowest BCUT2D eigenvalue weighted by atomic mass is 9.73. The molecule has 49 heavy (non-hydrogen) atoms. The van der Waals surface area contributed by atoms with E-state index in [0.29, 0.717) is 27.2 Å². The molecule has 3 heterocycles. The summed E-state index contributed by atoms with van der Waals surface area (Å²) in [5, 5.41) is 7.52. The number of fused-ring (bicyclic) bond motifs is 6. The van der Waals surface area contributed by atoms with Gasteiger partial charge in [-0.15, -0.1) is 11.3 Å². The summed E-state index contributed by atoms with van der Waals surface area (Å²) in [5.41, 5.74) is 5.60. The van der Waals surface area contributed by atoms with Crippen LogP contribution in [0.5, 0.6) is 0 Å². The number of aromatic nitrogens is 3. The number of aryl methyl sites for hydroxylation is 1. The largest absolute Gasteiger partial charge is 0.340 e. The highest BCUT2D eigenvalue weighted by Gasteiger charge is 2.50. The summed E-state index contributed by atoms with van der Waals surface area (Å²) in [6, 6.07) is 17.6. The average molecular weight is 687 g/mol. The summed E-state index contributed by atoms with van der Waals surface area (Å²) in [4.78, 5) is 58.4. The minimum absolute atomic E-state index is 0.00159. The van der Waals surface area contributed by atoms with Crippen LogP contribution in [0.2, 0.25) is 5.02 Å². The Morgan fingerprint density at radius 3 is 2.65 bits per heavy atom. The van der Waals surface area contributed by atoms with E-state index in [-0.39, 0.29) is 30.7 Å². The van der Waals surface area contributed by atoms with E-state index in [0.717, 1.165) is 44.8 Å². The van der Waals surface area contributed by atoms with E-state index in [1.165, 1.54) is 23.2 Å². The van der Waals surface area contributed by atoms with Crippen molar-refractivity contribution in [2.24, 2.45) is 5.92 Å². The third-order valence-corrected chi connectivity index (χ3v) is 10.8. The van der Waals surface area contributed by atoms with Crippen LogP contribution in [0.4, 0.5) is 16.6 Å². The normalized spacial score (nSPS) is 19.0. The molecule has 0 saturated carbocycles. The minimum Gasteiger partial charge on any atom is -0.340 e. The molecule has 8 rings (SSSR count). The zero-order chi connectivity index (χ0) is 34.0. The highest BCUT2D eigenvalue weighted by atomic mass is 35.5. The van der Waals surface area contributed by atoms with Gasteiger partial charge in [0.15, 0.2) is 22.5 Å². The highest BCUT2D eigenvalue weighted by molar-refractivity contribution is 7.14. The fraction of sp³-hybridized carbons (Fsp3) is 0.211. The number of carbonyl (C=O) groups is 3. The predicted molar refractivity (Wildman–Crippen MR) is 193 cm³/mol. The van der Waals surface area contributed by atoms with Gasteiger partial charge in [0, 0.05) is 27.4 Å². The van der Waals surface area contributed by atoms with E-state index < -0.39 is 11.5 Å². The van der Waals surface area contributed by atoms with Gasteiger partial charge >= 0.3 is 0 Å². The van der Waals surface area contributed by atoms with Crippen molar-refractivity contribution in [2.45, 2.75) is 32.7 Å². The Morgan fingerprint density at radius 1 is 1.06 bits per heavy atom. The van der Waals surface area contributed by atoms with Gasteiger partial charge in [0.1, 0.15) is 17.6 Å². The molecule has 244 valence electrons. The lowest BCUT2D eigenvalue weighted by Crippen LogP contribution is -2.59. The molecule has 1 N–H and O–H groups in total. The number of ketones is 2. The molecule has 2 atom stereocenters. The molecule has 2 aliphatic carbocycles. The summed E-state index contributed by atoms with van der Waals surface area (Å²) in [7, 11) is 0. The lowest BCUT2D eigenvalue weighted by Gasteiger charge is -2.42. The zero-order valence-electron chi connectivity index (χ0n) is 27.0. The van der Waals surface area contributed by atoms with Crippen LogP contribution in [0.3, 0.4) is 0 Å². The Hall–Kier alpha value is -5.19. The molecule has 3 aromatic carbocycles. The van der Waals surface area contributed by atoms with Gasteiger partial charge in [0.25, 0.3) is 0 Å². The summed E-state index contributed by atoms with van der Waals surface area (Å²) in [6.07, 6.45) is 7.68. The molecule has 0 bridgehead atoms. The number of rotatable bonds is 6. The van der Waals surface area contributed by atoms with Gasteiger partial charge in [-0.2, -0.15) is 0 Å². The molecule has 5 aromatic rings. The van der Waals surface area contributed by atoms with E-state index in [4.69, 9.17) is 11.6 Å². The first kappa shape index (κ1) is 31.1. The molecule has 0 saturated heterocycles. The second-order valence-electron chi connectivity index (χ2n) is 12.7. The molecule has 1 aliphatic heterocycles. The van der Waals surface area contributed by atoms with Crippen LogP contribution in [0, 0.1) is 5.92 Å². The first-order chi connectivity index (χ1) is 23.6. The van der Waals surface area contributed by atoms with Crippen LogP contribution < -0.4 is 25.6 Å². The van der Waals surface area contributed by atoms with Gasteiger partial charge in [0.2, 0.25) is 5.91 Å². The second kappa shape index (κ2) is 11.7. The van der Waals surface area contributed by atoms with Crippen LogP contribution in [0.25, 0.3) is 34.5 Å². The van der Waals surface area contributed by atoms with Crippen LogP contribution in [-0.4, -0.2) is 45.6 Å². The van der Waals surface area contributed by atoms with E-state index in [1.54, 1.807) is 24.4 Å². The Bertz CT molecular complexity index is 2340. The maximum Gasteiger partial charge on any atom is 0.245 e. The molecular weight excluding hydrogens is 656 g/mol. The number of hydrogen-bond acceptors (Lipinski definition) is 9. The second-order valence-corrected chi connectivity index (χ2v) is 14.0. The Morgan fingerprint density at radius 2 is 1.86 bits per heavy atom. The number of amides is 1. The van der Waals surface area contributed by atoms with Crippen molar-refractivity contribution in [2.75, 3.05) is 28.3 Å². The molecule has 2 aromatic heterocycles. The molecule has 3 aliphatic rings. The van der Waals surface area contributed by atoms with Gasteiger partial charge in [-0.3, -0.25) is 14.4 Å². The van der Waals surface area contributed by atoms with Gasteiger partial charge in [0.05, 0.1) is 25.1 Å². The average Bonchev–Trinajstić information content (AvgIpc) is 3.72. The van der Waals surface area contributed by atoms with Crippen LogP contribution in [-0.2, 0) is 21.5 Å². The first-order valence-electron chi connectivity index (χ1n) is 16.1. The number of halogens is 1. The smallest absolute Gasteiger partial charge is 0.245 e. The van der Waals surface area contributed by atoms with Crippen molar-refractivity contribution in [1.82, 2.24) is 15.0 Å². The molecule has 0 fully saturated rings. The fourth-order valence-corrected chi connectivity index (χ4v) is 8.14. The number of thiazole rings is 1. The highest BCUT2D eigenvalue weighted by Crippen LogP contribution is 2.44. The number of anilines is 3. The fourth-order valence-electron chi connectivity index (χ4n) is 7.23. The quantitative estimate of drug-likeness (QED) is 0.246. The van der Waals surface area contributed by atoms with Crippen molar-refractivity contribution in [3.8, 4) is 22.4 Å². The van der Waals surface area contributed by atoms with Crippen molar-refractivity contribution in [3.63, 3.8) is 0 Å². The van der Waals surface area contributed by atoms with Crippen LogP contribution >= 0.6 is 22.9 Å². The molecule has 0 radical (unpaired) electrons. The predicted octanol–water partition coefficient (Wildman–Crippen LogP) is 5.60. The van der Waals surface area contributed by atoms with Crippen molar-refractivity contribution >= 4 is 69.2 Å². The van der Waals surface area contributed by atoms with Gasteiger partial charge in [-0.05, 0) is 64.2 Å². The van der Waals surface area contributed by atoms with Crippen molar-refractivity contribution < 1.29 is 14.4 Å². The van der Waals surface area contributed by atoms with Crippen LogP contribution in [0.15, 0.2) is 72.5 Å². The third kappa shape index (κ3) is 5.05. The van der Waals surface area contributed by atoms with E-state index in [9.17, 15) is 14.4 Å². The standard InChI is InChI=1S/C38H31ClN6O3S/c1-4-22-5-7-23(8-6-22)31-18-49-37(42-31)43-34(47)17-44-20-45(36-32(44)16-40-19-41-36)38(3)30-12-11-25-26-10-9-24(39)14-29(26)33(46)15-27(25)28(30)13-21(2)35(38)48/h5-16,18-19,21H,4,17,20H2,1-3H3,(H,42,43,47). The lowest BCUT2D eigenvalue weighted by molar-refractivity contribution is -0.126. The number of Topliss-reactive ketones (excluding diaryl/α,β-unsaturated/α-hetero) is 2. The Kier molecular flexibility index (Phi) is 7.46. The topological polar surface area (TPSA) is 108 Å². The Balaban J connectivity index is 1.11. The molecule has 2 unspecified atom stereocenters. The van der Waals surface area contributed by atoms with Crippen molar-refractivity contribution in [1.29, 1.82) is 0 Å². The molecule has 1 amide bonds. The summed E-state index contributed by atoms with van der Waals surface area (Å²) in [6.45, 7) is 6.13. The first-order valence-corrected chi connectivity index (χ1v) is 17.3. The molecule has 9 nitrogen and oxygen atoms in total. The van der Waals surface area contributed by atoms with E-state index in [2.05, 4.69) is 39.3 Å². The molecule has 0 spiro atoms. The monoisotopic (exact) mass is 686 g/mol. The van der Waals surface area contributed by atoms with E-state index >= 15 is 0 Å². The van der Waals surface area contributed by atoms with Gasteiger partial charge in [-0.25, -0.2) is 15.0 Å². The number of benzene rings is 3. The number of carbonyl (C=O) groups excluding carboxylic acids is 3. The molecular formula is C38H31ClN6O3S. The zero-order valence-corrected chi connectivity index (χ0v) is 28.6. The Labute approximate surface area is 291 Å². The SMILES string of the molecule is CCc1ccc(-c2csc(NC(=O)CN3CN(C4(C)C(=O)C(C)C=c5c4ccc4c5=CC(=O)c5cc(Cl)ccc5-4)c4ncncc43)n2)cc1. The third-order valence-electron chi connectivity index (χ3n) is 9.80. The van der Waals surface area contributed by atoms with Crippen molar-refractivity contribution in [3.05, 3.63) is 105 Å². The maximum atomic E-state index is 14.3. The number of nitrogens with one attached hydrogen (secondary N) is 1. The van der Waals surface area contributed by atoms with Gasteiger partial charge < -0.3 is 15.1 Å². The van der Waals surface area contributed by atoms with E-state index in [1.807, 2.05) is 65.4 Å². The minimum atomic E-state index is -1.15. The van der Waals surface area contributed by atoms with Gasteiger partial charge in [-0.1, -0.05) is 74.0 Å². The molecule has 11 heteroatoms. The maximum absolute atomic E-state index is 14.3. The number of hydrogen-bond donors (Lipinski definition) is 1. The summed E-state index contributed by atoms with van der Waals surface area (Å²) in [5.74, 6) is -0.270. The van der Waals surface area contributed by atoms with Crippen LogP contribution in [0.1, 0.15) is 42.3 Å². The summed E-state index contributed by atoms with van der Waals surface area (Å²) >= 11 is 7.60.